The molecule has 130 valence electrons. The van der Waals surface area contributed by atoms with Crippen molar-refractivity contribution in [2.24, 2.45) is 10.8 Å². The van der Waals surface area contributed by atoms with E-state index in [2.05, 4.69) is 70.5 Å². The Morgan fingerprint density at radius 3 is 2.48 bits per heavy atom. The fourth-order valence-corrected chi connectivity index (χ4v) is 3.69. The van der Waals surface area contributed by atoms with Crippen LogP contribution in [0.3, 0.4) is 0 Å². The van der Waals surface area contributed by atoms with E-state index in [4.69, 9.17) is 0 Å². The van der Waals surface area contributed by atoms with E-state index in [9.17, 15) is 0 Å². The maximum absolute atomic E-state index is 4.33. The molecular weight excluding hydrogens is 278 g/mol. The van der Waals surface area contributed by atoms with E-state index in [0.29, 0.717) is 5.41 Å². The number of hydrogen-bond acceptors (Lipinski definition) is 1. The van der Waals surface area contributed by atoms with Gasteiger partial charge in [-0.1, -0.05) is 78.3 Å². The molecule has 0 aliphatic carbocycles. The molecule has 1 atom stereocenters. The lowest BCUT2D eigenvalue weighted by atomic mass is 9.66. The molecule has 1 heteroatoms. The smallest absolute Gasteiger partial charge is 0.0320 e. The molecule has 1 aliphatic heterocycles. The van der Waals surface area contributed by atoms with Crippen molar-refractivity contribution in [3.63, 3.8) is 0 Å². The van der Waals surface area contributed by atoms with Crippen LogP contribution in [0.2, 0.25) is 0 Å². The number of allylic oxidation sites excluding steroid dienone is 4. The van der Waals surface area contributed by atoms with Gasteiger partial charge in [-0.05, 0) is 43.6 Å². The molecule has 0 bridgehead atoms. The minimum absolute atomic E-state index is 0.0150. The van der Waals surface area contributed by atoms with Crippen molar-refractivity contribution in [1.29, 1.82) is 0 Å². The topological polar surface area (TPSA) is 12.0 Å². The summed E-state index contributed by atoms with van der Waals surface area (Å²) in [5.74, 6) is 0. The average Bonchev–Trinajstić information content (AvgIpc) is 2.46. The van der Waals surface area contributed by atoms with Crippen LogP contribution in [0.5, 0.6) is 0 Å². The maximum atomic E-state index is 4.33. The van der Waals surface area contributed by atoms with Gasteiger partial charge < -0.3 is 5.32 Å². The summed E-state index contributed by atoms with van der Waals surface area (Å²) < 4.78 is 0. The fraction of sp³-hybridized carbons (Fsp3) is 0.636. The SMILES string of the molecule is C=C1C=CC(C/C=C/CCCCC)(CC(C)(C)CCC)C(=C)N1. The molecule has 1 rings (SSSR count). The zero-order valence-corrected chi connectivity index (χ0v) is 15.9. The average molecular weight is 316 g/mol. The third kappa shape index (κ3) is 6.41. The molecule has 0 saturated carbocycles. The first kappa shape index (κ1) is 19.8. The van der Waals surface area contributed by atoms with E-state index in [1.54, 1.807) is 0 Å². The lowest BCUT2D eigenvalue weighted by Gasteiger charge is -2.41. The zero-order chi connectivity index (χ0) is 17.3. The van der Waals surface area contributed by atoms with Gasteiger partial charge in [0, 0.05) is 16.8 Å². The minimum atomic E-state index is 0.0150. The Balaban J connectivity index is 2.83. The van der Waals surface area contributed by atoms with Crippen molar-refractivity contribution >= 4 is 0 Å². The molecule has 0 aromatic carbocycles. The molecule has 1 heterocycles. The summed E-state index contributed by atoms with van der Waals surface area (Å²) in [4.78, 5) is 0. The lowest BCUT2D eigenvalue weighted by molar-refractivity contribution is 0.212. The Hall–Kier alpha value is -1.24. The van der Waals surface area contributed by atoms with Crippen LogP contribution in [-0.2, 0) is 0 Å². The number of unbranched alkanes of at least 4 members (excludes halogenated alkanes) is 3. The van der Waals surface area contributed by atoms with Crippen molar-refractivity contribution in [2.75, 3.05) is 0 Å². The van der Waals surface area contributed by atoms with E-state index >= 15 is 0 Å². The van der Waals surface area contributed by atoms with Gasteiger partial charge in [0.2, 0.25) is 0 Å². The molecule has 0 radical (unpaired) electrons. The first-order valence-electron chi connectivity index (χ1n) is 9.35. The van der Waals surface area contributed by atoms with Crippen molar-refractivity contribution < 1.29 is 0 Å². The second-order valence-corrected chi connectivity index (χ2v) is 7.88. The molecule has 0 aromatic heterocycles. The molecule has 1 unspecified atom stereocenters. The van der Waals surface area contributed by atoms with Gasteiger partial charge in [0.1, 0.15) is 0 Å². The van der Waals surface area contributed by atoms with Gasteiger partial charge in [0.15, 0.2) is 0 Å². The van der Waals surface area contributed by atoms with E-state index in [1.165, 1.54) is 38.5 Å². The Kier molecular flexibility index (Phi) is 7.88. The summed E-state index contributed by atoms with van der Waals surface area (Å²) in [5.41, 5.74) is 2.39. The molecular formula is C22H37N. The highest BCUT2D eigenvalue weighted by molar-refractivity contribution is 5.34. The van der Waals surface area contributed by atoms with Crippen molar-refractivity contribution in [1.82, 2.24) is 5.32 Å². The number of rotatable bonds is 10. The summed E-state index contributed by atoms with van der Waals surface area (Å²) in [6.07, 6.45) is 18.9. The van der Waals surface area contributed by atoms with Crippen LogP contribution in [0, 0.1) is 10.8 Å². The molecule has 0 fully saturated rings. The Bertz CT molecular complexity index is 453. The standard InChI is InChI=1S/C22H37N/c1-7-9-10-11-12-13-16-22(18-21(5,6)15-8-2)17-14-19(3)23-20(22)4/h12-14,17,23H,3-4,7-11,15-16,18H2,1-2,5-6H3/b13-12+. The van der Waals surface area contributed by atoms with Gasteiger partial charge in [-0.15, -0.1) is 0 Å². The van der Waals surface area contributed by atoms with Crippen LogP contribution in [0.4, 0.5) is 0 Å². The van der Waals surface area contributed by atoms with E-state index in [0.717, 1.165) is 24.2 Å². The van der Waals surface area contributed by atoms with Gasteiger partial charge in [-0.2, -0.15) is 0 Å². The highest BCUT2D eigenvalue weighted by Crippen LogP contribution is 2.46. The van der Waals surface area contributed by atoms with Crippen molar-refractivity contribution in [2.45, 2.75) is 79.1 Å². The van der Waals surface area contributed by atoms with Crippen LogP contribution in [0.1, 0.15) is 79.1 Å². The predicted octanol–water partition coefficient (Wildman–Crippen LogP) is 6.90. The predicted molar refractivity (Wildman–Crippen MR) is 104 cm³/mol. The summed E-state index contributed by atoms with van der Waals surface area (Å²) >= 11 is 0. The third-order valence-electron chi connectivity index (χ3n) is 4.86. The number of nitrogens with one attached hydrogen (secondary N) is 1. The Morgan fingerprint density at radius 2 is 1.87 bits per heavy atom. The highest BCUT2D eigenvalue weighted by atomic mass is 14.9. The zero-order valence-electron chi connectivity index (χ0n) is 15.9. The van der Waals surface area contributed by atoms with Gasteiger partial charge in [-0.25, -0.2) is 0 Å². The summed E-state index contributed by atoms with van der Waals surface area (Å²) in [5, 5.41) is 3.39. The molecule has 0 spiro atoms. The molecule has 0 aromatic rings. The highest BCUT2D eigenvalue weighted by Gasteiger charge is 2.37. The van der Waals surface area contributed by atoms with Crippen LogP contribution >= 0.6 is 0 Å². The summed E-state index contributed by atoms with van der Waals surface area (Å²) in [6, 6.07) is 0. The van der Waals surface area contributed by atoms with E-state index in [-0.39, 0.29) is 5.41 Å². The second-order valence-electron chi connectivity index (χ2n) is 7.88. The van der Waals surface area contributed by atoms with E-state index < -0.39 is 0 Å². The van der Waals surface area contributed by atoms with Gasteiger partial charge in [0.25, 0.3) is 0 Å². The third-order valence-corrected chi connectivity index (χ3v) is 4.86. The summed E-state index contributed by atoms with van der Waals surface area (Å²) in [7, 11) is 0. The van der Waals surface area contributed by atoms with Crippen molar-refractivity contribution in [3.8, 4) is 0 Å². The Morgan fingerprint density at radius 1 is 1.13 bits per heavy atom. The molecule has 1 aliphatic rings. The quantitative estimate of drug-likeness (QED) is 0.341. The van der Waals surface area contributed by atoms with Crippen LogP contribution in [0.25, 0.3) is 0 Å². The van der Waals surface area contributed by atoms with E-state index in [1.807, 2.05) is 0 Å². The van der Waals surface area contributed by atoms with Crippen molar-refractivity contribution in [3.05, 3.63) is 48.9 Å². The summed E-state index contributed by atoms with van der Waals surface area (Å²) in [6.45, 7) is 17.6. The lowest BCUT2D eigenvalue weighted by Crippen LogP contribution is -2.36. The molecule has 0 amide bonds. The van der Waals surface area contributed by atoms with Gasteiger partial charge >= 0.3 is 0 Å². The van der Waals surface area contributed by atoms with Gasteiger partial charge in [-0.3, -0.25) is 0 Å². The molecule has 1 N–H and O–H groups in total. The first-order chi connectivity index (χ1) is 10.9. The molecule has 23 heavy (non-hydrogen) atoms. The normalized spacial score (nSPS) is 21.9. The Labute approximate surface area is 144 Å². The van der Waals surface area contributed by atoms with Crippen LogP contribution in [0.15, 0.2) is 48.9 Å². The first-order valence-corrected chi connectivity index (χ1v) is 9.35. The number of hydrogen-bond donors (Lipinski definition) is 1. The second kappa shape index (κ2) is 9.15. The molecule has 1 nitrogen and oxygen atoms in total. The fourth-order valence-electron chi connectivity index (χ4n) is 3.69. The monoisotopic (exact) mass is 315 g/mol. The maximum Gasteiger partial charge on any atom is 0.0320 e. The molecule has 0 saturated heterocycles. The largest absolute Gasteiger partial charge is 0.359 e. The van der Waals surface area contributed by atoms with Gasteiger partial charge in [0.05, 0.1) is 0 Å². The van der Waals surface area contributed by atoms with Crippen LogP contribution in [-0.4, -0.2) is 0 Å². The van der Waals surface area contributed by atoms with Crippen LogP contribution < -0.4 is 5.32 Å². The minimum Gasteiger partial charge on any atom is -0.359 e.